The Balaban J connectivity index is 2.48. The number of hydrogen-bond donors (Lipinski definition) is 1. The van der Waals surface area contributed by atoms with Gasteiger partial charge in [-0.1, -0.05) is 12.1 Å². The number of hydrogen-bond acceptors (Lipinski definition) is 6. The lowest BCUT2D eigenvalue weighted by Crippen LogP contribution is -2.23. The molecule has 0 spiro atoms. The van der Waals surface area contributed by atoms with Crippen molar-refractivity contribution >= 4 is 21.6 Å². The summed E-state index contributed by atoms with van der Waals surface area (Å²) in [4.78, 5) is -0.960. The van der Waals surface area contributed by atoms with Crippen LogP contribution in [0.3, 0.4) is 0 Å². The molecular formula is C8H5F3N4O2S2. The second kappa shape index (κ2) is 4.81. The second-order valence-corrected chi connectivity index (χ2v) is 6.11. The minimum atomic E-state index is -5.42. The van der Waals surface area contributed by atoms with E-state index in [1.54, 1.807) is 0 Å². The van der Waals surface area contributed by atoms with Crippen LogP contribution in [0, 0.1) is 0 Å². The van der Waals surface area contributed by atoms with Crippen LogP contribution in [0.15, 0.2) is 39.2 Å². The number of nitrogens with one attached hydrogen (secondary N) is 1. The van der Waals surface area contributed by atoms with Gasteiger partial charge in [0.15, 0.2) is 0 Å². The first-order valence-electron chi connectivity index (χ1n) is 4.64. The molecule has 6 nitrogen and oxygen atoms in total. The van der Waals surface area contributed by atoms with Gasteiger partial charge < -0.3 is 0 Å². The van der Waals surface area contributed by atoms with Crippen molar-refractivity contribution in [3.8, 4) is 0 Å². The molecule has 0 amide bonds. The highest BCUT2D eigenvalue weighted by molar-refractivity contribution is 8.00. The van der Waals surface area contributed by atoms with Crippen LogP contribution in [0.1, 0.15) is 0 Å². The van der Waals surface area contributed by atoms with Gasteiger partial charge in [-0.05, 0) is 29.1 Å². The third-order valence-electron chi connectivity index (χ3n) is 1.97. The fraction of sp³-hybridized carbons (Fsp3) is 0.125. The van der Waals surface area contributed by atoms with Crippen molar-refractivity contribution in [3.05, 3.63) is 24.3 Å². The third-order valence-corrected chi connectivity index (χ3v) is 4.58. The first-order chi connectivity index (χ1) is 8.82. The molecule has 0 bridgehead atoms. The smallest absolute Gasteiger partial charge is 0.214 e. The number of aromatic nitrogens is 4. The van der Waals surface area contributed by atoms with Gasteiger partial charge in [-0.2, -0.15) is 18.4 Å². The van der Waals surface area contributed by atoms with E-state index in [1.165, 1.54) is 18.2 Å². The van der Waals surface area contributed by atoms with E-state index < -0.39 is 20.2 Å². The highest BCUT2D eigenvalue weighted by atomic mass is 32.2. The Hall–Kier alpha value is -1.62. The average molecular weight is 310 g/mol. The molecule has 2 rings (SSSR count). The summed E-state index contributed by atoms with van der Waals surface area (Å²) in [6.45, 7) is 0. The van der Waals surface area contributed by atoms with Gasteiger partial charge in [-0.15, -0.1) is 10.2 Å². The Morgan fingerprint density at radius 3 is 2.47 bits per heavy atom. The summed E-state index contributed by atoms with van der Waals surface area (Å²) in [5.74, 6) is 0. The standard InChI is InChI=1S/C8H5F3N4O2S2/c9-8(10,11)19(16,17)6-4-2-1-3-5(6)18-7-12-14-15-13-7/h1-4H,(H,12,13,14,15). The number of rotatable bonds is 3. The number of benzene rings is 1. The number of aromatic amines is 1. The van der Waals surface area contributed by atoms with E-state index in [0.29, 0.717) is 11.8 Å². The molecule has 1 N–H and O–H groups in total. The molecule has 0 aliphatic heterocycles. The van der Waals surface area contributed by atoms with Gasteiger partial charge in [0.1, 0.15) is 0 Å². The lowest BCUT2D eigenvalue weighted by atomic mass is 10.4. The third kappa shape index (κ3) is 2.71. The van der Waals surface area contributed by atoms with E-state index in [4.69, 9.17) is 0 Å². The predicted octanol–water partition coefficient (Wildman–Crippen LogP) is 1.64. The van der Waals surface area contributed by atoms with E-state index in [1.807, 2.05) is 0 Å². The molecule has 102 valence electrons. The Morgan fingerprint density at radius 2 is 1.89 bits per heavy atom. The molecule has 0 atom stereocenters. The number of tetrazole rings is 1. The average Bonchev–Trinajstić information content (AvgIpc) is 2.81. The van der Waals surface area contributed by atoms with Crippen molar-refractivity contribution in [2.75, 3.05) is 0 Å². The van der Waals surface area contributed by atoms with Crippen LogP contribution in [0.4, 0.5) is 13.2 Å². The maximum atomic E-state index is 12.5. The molecule has 11 heteroatoms. The van der Waals surface area contributed by atoms with Gasteiger partial charge in [0.2, 0.25) is 5.16 Å². The number of sulfone groups is 1. The molecule has 1 heterocycles. The zero-order chi connectivity index (χ0) is 14.1. The largest absolute Gasteiger partial charge is 0.501 e. The predicted molar refractivity (Wildman–Crippen MR) is 58.0 cm³/mol. The molecule has 0 unspecified atom stereocenters. The fourth-order valence-corrected chi connectivity index (χ4v) is 3.15. The highest BCUT2D eigenvalue weighted by Gasteiger charge is 2.47. The van der Waals surface area contributed by atoms with Crippen molar-refractivity contribution in [2.45, 2.75) is 20.5 Å². The quantitative estimate of drug-likeness (QED) is 0.927. The minimum Gasteiger partial charge on any atom is -0.214 e. The van der Waals surface area contributed by atoms with Crippen LogP contribution in [0.5, 0.6) is 0 Å². The molecule has 0 saturated heterocycles. The van der Waals surface area contributed by atoms with Crippen LogP contribution < -0.4 is 0 Å². The SMILES string of the molecule is O=S(=O)(c1ccccc1Sc1nn[nH]n1)C(F)(F)F. The summed E-state index contributed by atoms with van der Waals surface area (Å²) in [7, 11) is -5.42. The zero-order valence-corrected chi connectivity index (χ0v) is 10.6. The maximum absolute atomic E-state index is 12.5. The first kappa shape index (κ1) is 13.8. The Bertz CT molecular complexity index is 670. The Morgan fingerprint density at radius 1 is 1.21 bits per heavy atom. The molecule has 2 aromatic rings. The maximum Gasteiger partial charge on any atom is 0.501 e. The van der Waals surface area contributed by atoms with Gasteiger partial charge in [0.05, 0.1) is 4.90 Å². The molecule has 0 saturated carbocycles. The minimum absolute atomic E-state index is 0.0184. The van der Waals surface area contributed by atoms with Crippen LogP contribution in [-0.4, -0.2) is 34.6 Å². The monoisotopic (exact) mass is 310 g/mol. The lowest BCUT2D eigenvalue weighted by Gasteiger charge is -2.10. The summed E-state index contributed by atoms with van der Waals surface area (Å²) in [6.07, 6.45) is 0. The molecule has 0 fully saturated rings. The summed E-state index contributed by atoms with van der Waals surface area (Å²) in [5.41, 5.74) is -5.36. The van der Waals surface area contributed by atoms with Crippen LogP contribution in [-0.2, 0) is 9.84 Å². The van der Waals surface area contributed by atoms with E-state index >= 15 is 0 Å². The van der Waals surface area contributed by atoms with Gasteiger partial charge in [-0.25, -0.2) is 8.42 Å². The van der Waals surface area contributed by atoms with Crippen LogP contribution in [0.25, 0.3) is 0 Å². The van der Waals surface area contributed by atoms with Gasteiger partial charge >= 0.3 is 5.51 Å². The van der Waals surface area contributed by atoms with Crippen molar-refractivity contribution in [1.82, 2.24) is 20.6 Å². The second-order valence-electron chi connectivity index (χ2n) is 3.19. The molecule has 19 heavy (non-hydrogen) atoms. The molecule has 0 aliphatic carbocycles. The summed E-state index contributed by atoms with van der Waals surface area (Å²) in [5, 5.41) is 12.4. The van der Waals surface area contributed by atoms with Crippen molar-refractivity contribution < 1.29 is 21.6 Å². The van der Waals surface area contributed by atoms with Crippen LogP contribution in [0.2, 0.25) is 0 Å². The molecule has 0 radical (unpaired) electrons. The normalized spacial score (nSPS) is 12.6. The van der Waals surface area contributed by atoms with Crippen molar-refractivity contribution in [2.24, 2.45) is 0 Å². The van der Waals surface area contributed by atoms with E-state index in [-0.39, 0.29) is 10.1 Å². The zero-order valence-electron chi connectivity index (χ0n) is 8.92. The number of alkyl halides is 3. The van der Waals surface area contributed by atoms with Crippen molar-refractivity contribution in [1.29, 1.82) is 0 Å². The van der Waals surface area contributed by atoms with E-state index in [9.17, 15) is 21.6 Å². The van der Waals surface area contributed by atoms with E-state index in [2.05, 4.69) is 20.6 Å². The van der Waals surface area contributed by atoms with Crippen molar-refractivity contribution in [3.63, 3.8) is 0 Å². The number of nitrogens with zero attached hydrogens (tertiary/aromatic N) is 3. The van der Waals surface area contributed by atoms with Gasteiger partial charge in [0, 0.05) is 4.90 Å². The molecule has 1 aromatic carbocycles. The van der Waals surface area contributed by atoms with Gasteiger partial charge in [-0.3, -0.25) is 0 Å². The Kier molecular flexibility index (Phi) is 3.49. The topological polar surface area (TPSA) is 88.6 Å². The summed E-state index contributed by atoms with van der Waals surface area (Å²) < 4.78 is 60.4. The summed E-state index contributed by atoms with van der Waals surface area (Å²) in [6, 6.07) is 4.74. The van der Waals surface area contributed by atoms with E-state index in [0.717, 1.165) is 6.07 Å². The first-order valence-corrected chi connectivity index (χ1v) is 6.94. The molecule has 0 aliphatic rings. The van der Waals surface area contributed by atoms with Gasteiger partial charge in [0.25, 0.3) is 9.84 Å². The molecule has 1 aromatic heterocycles. The number of H-pyrrole nitrogens is 1. The van der Waals surface area contributed by atoms with Crippen LogP contribution >= 0.6 is 11.8 Å². The lowest BCUT2D eigenvalue weighted by molar-refractivity contribution is -0.0437. The molecular weight excluding hydrogens is 305 g/mol. The Labute approximate surface area is 109 Å². The summed E-state index contributed by atoms with van der Waals surface area (Å²) >= 11 is 0.669. The number of halogens is 3. The fourth-order valence-electron chi connectivity index (χ4n) is 1.18. The highest BCUT2D eigenvalue weighted by Crippen LogP contribution is 2.37.